The highest BCUT2D eigenvalue weighted by atomic mass is 16.5. The predicted molar refractivity (Wildman–Crippen MR) is 79.1 cm³/mol. The standard InChI is InChI=1S/C17H24O3/c1-11(2)20-14-7-5-13(6-8-14)16-10-12(3)4-9-15(16)17(18)19/h5-8,11-12,15-16H,4,9-10H2,1-3H3,(H,18,19). The van der Waals surface area contributed by atoms with Crippen LogP contribution in [0, 0.1) is 11.8 Å². The molecule has 0 saturated heterocycles. The largest absolute Gasteiger partial charge is 0.491 e. The second kappa shape index (κ2) is 6.29. The summed E-state index contributed by atoms with van der Waals surface area (Å²) in [5.74, 6) is 0.665. The van der Waals surface area contributed by atoms with Gasteiger partial charge in [-0.2, -0.15) is 0 Å². The third-order valence-electron chi connectivity index (χ3n) is 4.11. The van der Waals surface area contributed by atoms with Crippen LogP contribution in [0.4, 0.5) is 0 Å². The summed E-state index contributed by atoms with van der Waals surface area (Å²) in [5, 5.41) is 9.41. The second-order valence-corrected chi connectivity index (χ2v) is 6.21. The van der Waals surface area contributed by atoms with Gasteiger partial charge in [0.1, 0.15) is 5.75 Å². The molecule has 2 rings (SSSR count). The first-order valence-electron chi connectivity index (χ1n) is 7.46. The summed E-state index contributed by atoms with van der Waals surface area (Å²) in [6.45, 7) is 6.20. The van der Waals surface area contributed by atoms with Gasteiger partial charge in [-0.05, 0) is 62.6 Å². The van der Waals surface area contributed by atoms with Gasteiger partial charge in [-0.25, -0.2) is 0 Å². The molecule has 1 saturated carbocycles. The van der Waals surface area contributed by atoms with Crippen LogP contribution in [0.15, 0.2) is 24.3 Å². The second-order valence-electron chi connectivity index (χ2n) is 6.21. The van der Waals surface area contributed by atoms with Crippen molar-refractivity contribution in [1.82, 2.24) is 0 Å². The first-order chi connectivity index (χ1) is 9.47. The molecule has 3 unspecified atom stereocenters. The van der Waals surface area contributed by atoms with Gasteiger partial charge < -0.3 is 9.84 Å². The summed E-state index contributed by atoms with van der Waals surface area (Å²) >= 11 is 0. The number of hydrogen-bond acceptors (Lipinski definition) is 2. The highest BCUT2D eigenvalue weighted by Crippen LogP contribution is 2.41. The summed E-state index contributed by atoms with van der Waals surface area (Å²) in [5.41, 5.74) is 1.13. The Labute approximate surface area is 121 Å². The van der Waals surface area contributed by atoms with Crippen molar-refractivity contribution in [3.8, 4) is 5.75 Å². The Balaban J connectivity index is 2.17. The van der Waals surface area contributed by atoms with Crippen molar-refractivity contribution in [3.63, 3.8) is 0 Å². The Bertz CT molecular complexity index is 450. The Morgan fingerprint density at radius 2 is 1.90 bits per heavy atom. The first-order valence-corrected chi connectivity index (χ1v) is 7.46. The van der Waals surface area contributed by atoms with Crippen molar-refractivity contribution in [3.05, 3.63) is 29.8 Å². The molecule has 1 aliphatic carbocycles. The van der Waals surface area contributed by atoms with Crippen molar-refractivity contribution < 1.29 is 14.6 Å². The summed E-state index contributed by atoms with van der Waals surface area (Å²) in [7, 11) is 0. The lowest BCUT2D eigenvalue weighted by Gasteiger charge is -2.32. The lowest BCUT2D eigenvalue weighted by Crippen LogP contribution is -2.28. The fourth-order valence-corrected chi connectivity index (χ4v) is 3.11. The minimum atomic E-state index is -0.663. The molecule has 0 radical (unpaired) electrons. The van der Waals surface area contributed by atoms with E-state index in [1.165, 1.54) is 0 Å². The van der Waals surface area contributed by atoms with E-state index in [0.717, 1.165) is 30.6 Å². The summed E-state index contributed by atoms with van der Waals surface area (Å²) in [6, 6.07) is 7.95. The molecule has 1 fully saturated rings. The van der Waals surface area contributed by atoms with Crippen LogP contribution in [0.3, 0.4) is 0 Å². The summed E-state index contributed by atoms with van der Waals surface area (Å²) in [4.78, 5) is 11.4. The highest BCUT2D eigenvalue weighted by Gasteiger charge is 2.34. The average molecular weight is 276 g/mol. The molecule has 20 heavy (non-hydrogen) atoms. The summed E-state index contributed by atoms with van der Waals surface area (Å²) < 4.78 is 5.64. The van der Waals surface area contributed by atoms with Crippen LogP contribution in [0.5, 0.6) is 5.75 Å². The minimum absolute atomic E-state index is 0.129. The van der Waals surface area contributed by atoms with E-state index in [0.29, 0.717) is 5.92 Å². The zero-order valence-electron chi connectivity index (χ0n) is 12.5. The smallest absolute Gasteiger partial charge is 0.307 e. The number of rotatable bonds is 4. The van der Waals surface area contributed by atoms with Crippen LogP contribution in [0.25, 0.3) is 0 Å². The highest BCUT2D eigenvalue weighted by molar-refractivity contribution is 5.71. The van der Waals surface area contributed by atoms with Gasteiger partial charge in [0.05, 0.1) is 12.0 Å². The first kappa shape index (κ1) is 14.9. The maximum atomic E-state index is 11.4. The van der Waals surface area contributed by atoms with E-state index in [2.05, 4.69) is 6.92 Å². The molecule has 0 aliphatic heterocycles. The van der Waals surface area contributed by atoms with Crippen molar-refractivity contribution in [2.75, 3.05) is 0 Å². The molecule has 3 atom stereocenters. The molecule has 0 bridgehead atoms. The van der Waals surface area contributed by atoms with Crippen molar-refractivity contribution in [1.29, 1.82) is 0 Å². The van der Waals surface area contributed by atoms with Crippen LogP contribution < -0.4 is 4.74 Å². The third kappa shape index (κ3) is 3.53. The Morgan fingerprint density at radius 1 is 1.25 bits per heavy atom. The number of aliphatic carboxylic acids is 1. The normalized spacial score (nSPS) is 26.5. The summed E-state index contributed by atoms with van der Waals surface area (Å²) in [6.07, 6.45) is 2.91. The van der Waals surface area contributed by atoms with E-state index in [9.17, 15) is 9.90 Å². The van der Waals surface area contributed by atoms with Gasteiger partial charge in [0.15, 0.2) is 0 Å². The molecule has 1 aromatic carbocycles. The number of carboxylic acids is 1. The van der Waals surface area contributed by atoms with E-state index in [1.54, 1.807) is 0 Å². The Kier molecular flexibility index (Phi) is 4.69. The van der Waals surface area contributed by atoms with Crippen molar-refractivity contribution in [2.45, 2.75) is 52.1 Å². The molecule has 1 N–H and O–H groups in total. The van der Waals surface area contributed by atoms with Crippen molar-refractivity contribution >= 4 is 5.97 Å². The third-order valence-corrected chi connectivity index (χ3v) is 4.11. The molecule has 110 valence electrons. The fraction of sp³-hybridized carbons (Fsp3) is 0.588. The zero-order valence-corrected chi connectivity index (χ0v) is 12.5. The Hall–Kier alpha value is -1.51. The van der Waals surface area contributed by atoms with Crippen molar-refractivity contribution in [2.24, 2.45) is 11.8 Å². The Morgan fingerprint density at radius 3 is 2.45 bits per heavy atom. The number of ether oxygens (including phenoxy) is 1. The van der Waals surface area contributed by atoms with E-state index in [4.69, 9.17) is 4.74 Å². The SMILES string of the molecule is CC1CCC(C(=O)O)C(c2ccc(OC(C)C)cc2)C1. The van der Waals surface area contributed by atoms with Gasteiger partial charge >= 0.3 is 5.97 Å². The molecule has 3 nitrogen and oxygen atoms in total. The van der Waals surface area contributed by atoms with Gasteiger partial charge in [0.2, 0.25) is 0 Å². The molecule has 0 spiro atoms. The van der Waals surface area contributed by atoms with Gasteiger partial charge in [-0.15, -0.1) is 0 Å². The molecule has 0 heterocycles. The van der Waals surface area contributed by atoms with E-state index < -0.39 is 5.97 Å². The fourth-order valence-electron chi connectivity index (χ4n) is 3.11. The lowest BCUT2D eigenvalue weighted by molar-refractivity contribution is -0.143. The lowest BCUT2D eigenvalue weighted by atomic mass is 9.71. The number of carbonyl (C=O) groups is 1. The predicted octanol–water partition coefficient (Wildman–Crippen LogP) is 4.08. The van der Waals surface area contributed by atoms with Crippen LogP contribution in [0.2, 0.25) is 0 Å². The van der Waals surface area contributed by atoms with Gasteiger partial charge in [0, 0.05) is 0 Å². The van der Waals surface area contributed by atoms with Gasteiger partial charge in [-0.1, -0.05) is 19.1 Å². The average Bonchev–Trinajstić information content (AvgIpc) is 2.38. The molecule has 0 amide bonds. The van der Waals surface area contributed by atoms with Gasteiger partial charge in [-0.3, -0.25) is 4.79 Å². The number of carboxylic acid groups (broad SMARTS) is 1. The van der Waals surface area contributed by atoms with Crippen LogP contribution in [-0.4, -0.2) is 17.2 Å². The topological polar surface area (TPSA) is 46.5 Å². The minimum Gasteiger partial charge on any atom is -0.491 e. The maximum Gasteiger partial charge on any atom is 0.307 e. The molecular formula is C17H24O3. The quantitative estimate of drug-likeness (QED) is 0.901. The molecule has 0 aromatic heterocycles. The van der Waals surface area contributed by atoms with E-state index in [-0.39, 0.29) is 17.9 Å². The molecule has 1 aliphatic rings. The van der Waals surface area contributed by atoms with Crippen LogP contribution in [0.1, 0.15) is 51.5 Å². The number of benzene rings is 1. The molecule has 1 aromatic rings. The van der Waals surface area contributed by atoms with Crippen LogP contribution >= 0.6 is 0 Å². The van der Waals surface area contributed by atoms with E-state index >= 15 is 0 Å². The molecule has 3 heteroatoms. The maximum absolute atomic E-state index is 11.4. The monoisotopic (exact) mass is 276 g/mol. The zero-order chi connectivity index (χ0) is 14.7. The van der Waals surface area contributed by atoms with E-state index in [1.807, 2.05) is 38.1 Å². The number of hydrogen-bond donors (Lipinski definition) is 1. The van der Waals surface area contributed by atoms with Crippen LogP contribution in [-0.2, 0) is 4.79 Å². The van der Waals surface area contributed by atoms with Gasteiger partial charge in [0.25, 0.3) is 0 Å². The molecular weight excluding hydrogens is 252 g/mol.